The van der Waals surface area contributed by atoms with Gasteiger partial charge in [0.2, 0.25) is 11.8 Å². The fraction of sp³-hybridized carbons (Fsp3) is 0.303. The summed E-state index contributed by atoms with van der Waals surface area (Å²) in [4.78, 5) is 31.0. The highest BCUT2D eigenvalue weighted by molar-refractivity contribution is 8.00. The van der Waals surface area contributed by atoms with E-state index in [2.05, 4.69) is 6.92 Å². The van der Waals surface area contributed by atoms with E-state index in [1.165, 1.54) is 23.9 Å². The van der Waals surface area contributed by atoms with Gasteiger partial charge in [0.05, 0.1) is 29.5 Å². The SMILES string of the molecule is COc1ccc(-n2nc(-c3ccccc3)c3c2N(CC(=O)N2CCC(C)CC2)C(=O)CSC3c2cccc(F)c2)cc1. The zero-order chi connectivity index (χ0) is 29.2. The quantitative estimate of drug-likeness (QED) is 0.273. The van der Waals surface area contributed by atoms with Gasteiger partial charge < -0.3 is 9.64 Å². The smallest absolute Gasteiger partial charge is 0.242 e. The Bertz CT molecular complexity index is 1580. The second-order valence-corrected chi connectivity index (χ2v) is 11.9. The lowest BCUT2D eigenvalue weighted by Crippen LogP contribution is -2.46. The number of hydrogen-bond donors (Lipinski definition) is 0. The maximum atomic E-state index is 14.6. The third-order valence-corrected chi connectivity index (χ3v) is 9.29. The summed E-state index contributed by atoms with van der Waals surface area (Å²) in [5.41, 5.74) is 3.78. The minimum absolute atomic E-state index is 0.0841. The van der Waals surface area contributed by atoms with Crippen molar-refractivity contribution in [3.8, 4) is 22.7 Å². The van der Waals surface area contributed by atoms with Crippen molar-refractivity contribution in [2.45, 2.75) is 25.0 Å². The summed E-state index contributed by atoms with van der Waals surface area (Å²) < 4.78 is 21.7. The molecule has 4 aromatic rings. The molecule has 2 aliphatic heterocycles. The second kappa shape index (κ2) is 12.0. The molecule has 1 atom stereocenters. The van der Waals surface area contributed by atoms with E-state index in [4.69, 9.17) is 9.84 Å². The maximum Gasteiger partial charge on any atom is 0.242 e. The number of methoxy groups -OCH3 is 1. The number of carbonyl (C=O) groups excluding carboxylic acids is 2. The number of amides is 2. The molecule has 0 saturated carbocycles. The summed E-state index contributed by atoms with van der Waals surface area (Å²) in [7, 11) is 1.61. The van der Waals surface area contributed by atoms with Crippen molar-refractivity contribution in [3.63, 3.8) is 0 Å². The molecule has 216 valence electrons. The van der Waals surface area contributed by atoms with E-state index >= 15 is 0 Å². The Kier molecular flexibility index (Phi) is 8.02. The lowest BCUT2D eigenvalue weighted by molar-refractivity contribution is -0.132. The predicted octanol–water partition coefficient (Wildman–Crippen LogP) is 6.11. The highest BCUT2D eigenvalue weighted by atomic mass is 32.2. The molecular formula is C33H33FN4O3S. The summed E-state index contributed by atoms with van der Waals surface area (Å²) in [6.07, 6.45) is 1.90. The van der Waals surface area contributed by atoms with Gasteiger partial charge in [-0.15, -0.1) is 11.8 Å². The van der Waals surface area contributed by atoms with E-state index in [0.717, 1.165) is 35.2 Å². The maximum absolute atomic E-state index is 14.6. The van der Waals surface area contributed by atoms with Crippen LogP contribution in [-0.2, 0) is 9.59 Å². The number of thioether (sulfide) groups is 1. The van der Waals surface area contributed by atoms with Crippen molar-refractivity contribution < 1.29 is 18.7 Å². The van der Waals surface area contributed by atoms with E-state index in [-0.39, 0.29) is 29.9 Å². The van der Waals surface area contributed by atoms with Crippen LogP contribution >= 0.6 is 11.8 Å². The van der Waals surface area contributed by atoms with Crippen LogP contribution in [0.5, 0.6) is 5.75 Å². The number of benzene rings is 3. The average Bonchev–Trinajstić information content (AvgIpc) is 3.34. The third-order valence-electron chi connectivity index (χ3n) is 8.03. The average molecular weight is 585 g/mol. The molecular weight excluding hydrogens is 551 g/mol. The van der Waals surface area contributed by atoms with Crippen LogP contribution in [0, 0.1) is 11.7 Å². The third kappa shape index (κ3) is 5.53. The molecule has 0 spiro atoms. The van der Waals surface area contributed by atoms with Gasteiger partial charge in [-0.1, -0.05) is 49.4 Å². The van der Waals surface area contributed by atoms with Crippen LogP contribution in [0.3, 0.4) is 0 Å². The molecule has 2 aliphatic rings. The highest BCUT2D eigenvalue weighted by Gasteiger charge is 2.38. The molecule has 9 heteroatoms. The van der Waals surface area contributed by atoms with Gasteiger partial charge in [0.25, 0.3) is 0 Å². The van der Waals surface area contributed by atoms with Gasteiger partial charge in [0.15, 0.2) is 0 Å². The van der Waals surface area contributed by atoms with Crippen molar-refractivity contribution in [3.05, 3.63) is 95.8 Å². The Labute approximate surface area is 249 Å². The molecule has 0 radical (unpaired) electrons. The molecule has 6 rings (SSSR count). The standard InChI is InChI=1S/C33H33FN4O3S/c1-22-15-17-36(18-16-22)28(39)20-37-29(40)21-42-32(24-9-6-10-25(34)19-24)30-31(23-7-4-3-5-8-23)35-38(33(30)37)26-11-13-27(41-2)14-12-26/h3-14,19,22,32H,15-18,20-21H2,1-2H3. The fourth-order valence-corrected chi connectivity index (χ4v) is 6.85. The molecule has 2 amide bonds. The van der Waals surface area contributed by atoms with Crippen molar-refractivity contribution in [1.29, 1.82) is 0 Å². The number of rotatable bonds is 6. The summed E-state index contributed by atoms with van der Waals surface area (Å²) in [6, 6.07) is 23.7. The first kappa shape index (κ1) is 28.0. The number of ether oxygens (including phenoxy) is 1. The Hall–Kier alpha value is -4.11. The Morgan fingerprint density at radius 3 is 2.45 bits per heavy atom. The number of anilines is 1. The number of halogens is 1. The highest BCUT2D eigenvalue weighted by Crippen LogP contribution is 2.48. The number of carbonyl (C=O) groups is 2. The second-order valence-electron chi connectivity index (χ2n) is 10.9. The van der Waals surface area contributed by atoms with Crippen LogP contribution < -0.4 is 9.64 Å². The van der Waals surface area contributed by atoms with Crippen molar-refractivity contribution >= 4 is 29.4 Å². The van der Waals surface area contributed by atoms with Gasteiger partial charge in [-0.05, 0) is 60.7 Å². The lowest BCUT2D eigenvalue weighted by Gasteiger charge is -2.32. The first-order valence-corrected chi connectivity index (χ1v) is 15.3. The summed E-state index contributed by atoms with van der Waals surface area (Å²) in [6.45, 7) is 3.48. The summed E-state index contributed by atoms with van der Waals surface area (Å²) >= 11 is 1.43. The predicted molar refractivity (Wildman–Crippen MR) is 164 cm³/mol. The molecule has 0 bridgehead atoms. The van der Waals surface area contributed by atoms with Gasteiger partial charge in [-0.3, -0.25) is 14.5 Å². The topological polar surface area (TPSA) is 67.7 Å². The fourth-order valence-electron chi connectivity index (χ4n) is 5.66. The molecule has 1 unspecified atom stereocenters. The van der Waals surface area contributed by atoms with Gasteiger partial charge in [0, 0.05) is 24.2 Å². The Morgan fingerprint density at radius 2 is 1.76 bits per heavy atom. The van der Waals surface area contributed by atoms with Crippen LogP contribution in [0.2, 0.25) is 0 Å². The minimum atomic E-state index is -0.391. The Balaban J connectivity index is 1.56. The van der Waals surface area contributed by atoms with E-state index in [1.807, 2.05) is 65.6 Å². The lowest BCUT2D eigenvalue weighted by atomic mass is 9.99. The van der Waals surface area contributed by atoms with E-state index in [0.29, 0.717) is 36.3 Å². The monoisotopic (exact) mass is 584 g/mol. The van der Waals surface area contributed by atoms with Crippen LogP contribution in [0.15, 0.2) is 78.9 Å². The van der Waals surface area contributed by atoms with E-state index < -0.39 is 5.25 Å². The number of fused-ring (bicyclic) bond motifs is 1. The number of nitrogens with zero attached hydrogens (tertiary/aromatic N) is 4. The molecule has 1 aromatic heterocycles. The van der Waals surface area contributed by atoms with Gasteiger partial charge in [-0.2, -0.15) is 5.10 Å². The molecule has 3 aromatic carbocycles. The van der Waals surface area contributed by atoms with Crippen LogP contribution in [0.4, 0.5) is 10.2 Å². The first-order valence-electron chi connectivity index (χ1n) is 14.2. The molecule has 0 aliphatic carbocycles. The molecule has 0 N–H and O–H groups in total. The molecule has 3 heterocycles. The first-order chi connectivity index (χ1) is 20.4. The summed E-state index contributed by atoms with van der Waals surface area (Å²) in [5.74, 6) is 1.32. The molecule has 1 fully saturated rings. The van der Waals surface area contributed by atoms with E-state index in [9.17, 15) is 14.0 Å². The molecule has 7 nitrogen and oxygen atoms in total. The van der Waals surface area contributed by atoms with Crippen molar-refractivity contribution in [2.24, 2.45) is 5.92 Å². The van der Waals surface area contributed by atoms with Gasteiger partial charge >= 0.3 is 0 Å². The number of hydrogen-bond acceptors (Lipinski definition) is 5. The van der Waals surface area contributed by atoms with Crippen LogP contribution in [0.25, 0.3) is 16.9 Å². The zero-order valence-corrected chi connectivity index (χ0v) is 24.5. The number of piperidine rings is 1. The largest absolute Gasteiger partial charge is 0.497 e. The van der Waals surface area contributed by atoms with Crippen LogP contribution in [-0.4, -0.2) is 59.0 Å². The number of aromatic nitrogens is 2. The minimum Gasteiger partial charge on any atom is -0.497 e. The van der Waals surface area contributed by atoms with Gasteiger partial charge in [-0.25, -0.2) is 9.07 Å². The summed E-state index contributed by atoms with van der Waals surface area (Å²) in [5, 5.41) is 4.70. The Morgan fingerprint density at radius 1 is 1.02 bits per heavy atom. The van der Waals surface area contributed by atoms with Crippen LogP contribution in [0.1, 0.15) is 36.1 Å². The zero-order valence-electron chi connectivity index (χ0n) is 23.7. The molecule has 1 saturated heterocycles. The van der Waals surface area contributed by atoms with Crippen molar-refractivity contribution in [1.82, 2.24) is 14.7 Å². The van der Waals surface area contributed by atoms with E-state index in [1.54, 1.807) is 22.8 Å². The van der Waals surface area contributed by atoms with Gasteiger partial charge in [0.1, 0.15) is 23.9 Å². The molecule has 42 heavy (non-hydrogen) atoms. The van der Waals surface area contributed by atoms with Crippen molar-refractivity contribution in [2.75, 3.05) is 37.4 Å². The normalized spacial score (nSPS) is 17.6. The number of likely N-dealkylation sites (tertiary alicyclic amines) is 1.